The Hall–Kier alpha value is -1.89. The van der Waals surface area contributed by atoms with Crippen molar-refractivity contribution in [1.82, 2.24) is 14.7 Å². The average molecular weight is 589 g/mol. The van der Waals surface area contributed by atoms with Crippen LogP contribution in [0.1, 0.15) is 62.0 Å². The topological polar surface area (TPSA) is 43.9 Å². The molecule has 3 heterocycles. The second-order valence-electron chi connectivity index (χ2n) is 10.9. The second kappa shape index (κ2) is 12.8. The van der Waals surface area contributed by atoms with Crippen LogP contribution >= 0.6 is 28.3 Å². The lowest BCUT2D eigenvalue weighted by atomic mass is 9.77. The van der Waals surface area contributed by atoms with Gasteiger partial charge in [0.2, 0.25) is 11.8 Å². The molecule has 2 aromatic rings. The number of likely N-dealkylation sites (tertiary alicyclic amines) is 3. The summed E-state index contributed by atoms with van der Waals surface area (Å²) >= 11 is 3.49. The number of piperidine rings is 2. The molecule has 3 fully saturated rings. The van der Waals surface area contributed by atoms with E-state index in [2.05, 4.69) is 54.9 Å². The van der Waals surface area contributed by atoms with Gasteiger partial charge in [-0.2, -0.15) is 0 Å². The van der Waals surface area contributed by atoms with Crippen molar-refractivity contribution < 1.29 is 9.59 Å². The zero-order chi connectivity index (χ0) is 25.0. The Morgan fingerprint density at radius 3 is 2.19 bits per heavy atom. The third kappa shape index (κ3) is 6.58. The Kier molecular flexibility index (Phi) is 9.71. The zero-order valence-corrected chi connectivity index (χ0v) is 24.0. The lowest BCUT2D eigenvalue weighted by Gasteiger charge is -2.38. The molecule has 0 radical (unpaired) electrons. The van der Waals surface area contributed by atoms with E-state index in [1.54, 1.807) is 0 Å². The van der Waals surface area contributed by atoms with Crippen LogP contribution in [0.5, 0.6) is 0 Å². The van der Waals surface area contributed by atoms with Gasteiger partial charge in [-0.3, -0.25) is 9.59 Å². The van der Waals surface area contributed by atoms with Crippen LogP contribution in [0.25, 0.3) is 0 Å². The van der Waals surface area contributed by atoms with E-state index in [1.807, 2.05) is 30.3 Å². The molecule has 5 nitrogen and oxygen atoms in total. The first-order valence-corrected chi connectivity index (χ1v) is 14.4. The maximum atomic E-state index is 13.5. The highest BCUT2D eigenvalue weighted by atomic mass is 79.9. The molecule has 3 saturated heterocycles. The third-order valence-corrected chi connectivity index (χ3v) is 9.13. The molecule has 200 valence electrons. The Morgan fingerprint density at radius 2 is 1.51 bits per heavy atom. The summed E-state index contributed by atoms with van der Waals surface area (Å²) < 4.78 is 1.06. The molecular formula is C30H39BrClN3O2. The standard InChI is InChI=1S/C30H38BrN3O2.ClH/c31-26-11-9-24(10-12-26)23-34-22-16-30(29(34)36)14-20-32(21-15-30)19-13-27(25-7-3-1-4-8-25)28(35)33-17-5-2-6-18-33;/h1,3-4,7-12,27H,2,5-6,13-23H2;1H. The molecule has 3 aliphatic rings. The molecule has 7 heteroatoms. The predicted molar refractivity (Wildman–Crippen MR) is 154 cm³/mol. The normalized spacial score (nSPS) is 20.6. The smallest absolute Gasteiger partial charge is 0.230 e. The van der Waals surface area contributed by atoms with Crippen LogP contribution in [0.3, 0.4) is 0 Å². The number of hydrogen-bond acceptors (Lipinski definition) is 3. The minimum atomic E-state index is -0.186. The number of amides is 2. The maximum Gasteiger partial charge on any atom is 0.230 e. The van der Waals surface area contributed by atoms with E-state index in [-0.39, 0.29) is 23.7 Å². The molecule has 2 amide bonds. The van der Waals surface area contributed by atoms with Crippen LogP contribution in [0.4, 0.5) is 0 Å². The summed E-state index contributed by atoms with van der Waals surface area (Å²) in [7, 11) is 0. The highest BCUT2D eigenvalue weighted by Gasteiger charge is 2.47. The molecule has 1 atom stereocenters. The van der Waals surface area contributed by atoms with E-state index in [0.29, 0.717) is 18.4 Å². The Balaban J connectivity index is 0.00000320. The van der Waals surface area contributed by atoms with Gasteiger partial charge in [0.15, 0.2) is 0 Å². The minimum Gasteiger partial charge on any atom is -0.342 e. The lowest BCUT2D eigenvalue weighted by molar-refractivity contribution is -0.138. The quantitative estimate of drug-likeness (QED) is 0.406. The van der Waals surface area contributed by atoms with E-state index < -0.39 is 0 Å². The summed E-state index contributed by atoms with van der Waals surface area (Å²) in [5.41, 5.74) is 2.14. The highest BCUT2D eigenvalue weighted by molar-refractivity contribution is 9.10. The molecule has 1 unspecified atom stereocenters. The molecule has 0 aliphatic carbocycles. The van der Waals surface area contributed by atoms with Crippen LogP contribution in [0.15, 0.2) is 59.1 Å². The zero-order valence-electron chi connectivity index (χ0n) is 21.6. The summed E-state index contributed by atoms with van der Waals surface area (Å²) in [6.45, 7) is 6.14. The van der Waals surface area contributed by atoms with Gasteiger partial charge in [-0.25, -0.2) is 0 Å². The van der Waals surface area contributed by atoms with Crippen LogP contribution in [0, 0.1) is 5.41 Å². The van der Waals surface area contributed by atoms with E-state index in [0.717, 1.165) is 87.8 Å². The minimum absolute atomic E-state index is 0. The monoisotopic (exact) mass is 587 g/mol. The number of carbonyl (C=O) groups is 2. The van der Waals surface area contributed by atoms with E-state index >= 15 is 0 Å². The van der Waals surface area contributed by atoms with Crippen molar-refractivity contribution in [3.63, 3.8) is 0 Å². The van der Waals surface area contributed by atoms with Gasteiger partial charge in [0.1, 0.15) is 0 Å². The highest BCUT2D eigenvalue weighted by Crippen LogP contribution is 2.42. The largest absolute Gasteiger partial charge is 0.342 e. The molecule has 3 aliphatic heterocycles. The van der Waals surface area contributed by atoms with Crippen molar-refractivity contribution in [2.75, 3.05) is 39.3 Å². The molecule has 0 N–H and O–H groups in total. The maximum absolute atomic E-state index is 13.5. The fraction of sp³-hybridized carbons (Fsp3) is 0.533. The van der Waals surface area contributed by atoms with Gasteiger partial charge in [0.05, 0.1) is 11.3 Å². The number of benzene rings is 2. The number of rotatable bonds is 7. The van der Waals surface area contributed by atoms with Crippen molar-refractivity contribution in [2.24, 2.45) is 5.41 Å². The SMILES string of the molecule is Cl.O=C(C(CCN1CCC2(CC1)CCN(Cc1ccc(Br)cc1)C2=O)c1ccccc1)N1CCCCC1. The van der Waals surface area contributed by atoms with E-state index in [1.165, 1.54) is 12.0 Å². The van der Waals surface area contributed by atoms with Crippen molar-refractivity contribution in [1.29, 1.82) is 0 Å². The van der Waals surface area contributed by atoms with Crippen molar-refractivity contribution in [2.45, 2.75) is 57.4 Å². The number of nitrogens with zero attached hydrogens (tertiary/aromatic N) is 3. The van der Waals surface area contributed by atoms with Crippen LogP contribution < -0.4 is 0 Å². The predicted octanol–water partition coefficient (Wildman–Crippen LogP) is 5.87. The van der Waals surface area contributed by atoms with E-state index in [9.17, 15) is 9.59 Å². The van der Waals surface area contributed by atoms with Crippen LogP contribution in [-0.2, 0) is 16.1 Å². The number of hydrogen-bond donors (Lipinski definition) is 0. The fourth-order valence-corrected chi connectivity index (χ4v) is 6.55. The van der Waals surface area contributed by atoms with Crippen molar-refractivity contribution >= 4 is 40.2 Å². The second-order valence-corrected chi connectivity index (χ2v) is 11.8. The van der Waals surface area contributed by atoms with Crippen molar-refractivity contribution in [3.8, 4) is 0 Å². The summed E-state index contributed by atoms with van der Waals surface area (Å²) in [5, 5.41) is 0. The molecule has 37 heavy (non-hydrogen) atoms. The molecule has 0 aromatic heterocycles. The molecule has 0 bridgehead atoms. The van der Waals surface area contributed by atoms with Gasteiger partial charge in [-0.15, -0.1) is 12.4 Å². The van der Waals surface area contributed by atoms with Gasteiger partial charge in [-0.1, -0.05) is 58.4 Å². The number of halogens is 2. The van der Waals surface area contributed by atoms with Gasteiger partial charge < -0.3 is 14.7 Å². The summed E-state index contributed by atoms with van der Waals surface area (Å²) in [4.78, 5) is 33.5. The summed E-state index contributed by atoms with van der Waals surface area (Å²) in [6, 6.07) is 18.6. The van der Waals surface area contributed by atoms with Gasteiger partial charge in [0.25, 0.3) is 0 Å². The number of carbonyl (C=O) groups excluding carboxylic acids is 2. The Bertz CT molecular complexity index is 1030. The lowest BCUT2D eigenvalue weighted by Crippen LogP contribution is -2.45. The van der Waals surface area contributed by atoms with E-state index in [4.69, 9.17) is 0 Å². The Labute approximate surface area is 236 Å². The van der Waals surface area contributed by atoms with Crippen LogP contribution in [-0.4, -0.2) is 65.8 Å². The van der Waals surface area contributed by atoms with Gasteiger partial charge in [-0.05, 0) is 87.8 Å². The molecule has 5 rings (SSSR count). The molecule has 2 aromatic carbocycles. The molecule has 1 spiro atoms. The fourth-order valence-electron chi connectivity index (χ4n) is 6.29. The molecular weight excluding hydrogens is 550 g/mol. The third-order valence-electron chi connectivity index (χ3n) is 8.60. The van der Waals surface area contributed by atoms with Crippen LogP contribution in [0.2, 0.25) is 0 Å². The van der Waals surface area contributed by atoms with Gasteiger partial charge in [0, 0.05) is 30.7 Å². The first-order chi connectivity index (χ1) is 17.5. The van der Waals surface area contributed by atoms with Crippen molar-refractivity contribution in [3.05, 3.63) is 70.2 Å². The first kappa shape index (κ1) is 28.1. The Morgan fingerprint density at radius 1 is 0.865 bits per heavy atom. The summed E-state index contributed by atoms with van der Waals surface area (Å²) in [6.07, 6.45) is 7.14. The van der Waals surface area contributed by atoms with Gasteiger partial charge >= 0.3 is 0 Å². The first-order valence-electron chi connectivity index (χ1n) is 13.6. The molecule has 0 saturated carbocycles. The average Bonchev–Trinajstić information content (AvgIpc) is 3.22. The summed E-state index contributed by atoms with van der Waals surface area (Å²) in [5.74, 6) is 0.561.